The third kappa shape index (κ3) is 2.70. The number of aromatic nitrogens is 1. The summed E-state index contributed by atoms with van der Waals surface area (Å²) in [6, 6.07) is 11.2. The monoisotopic (exact) mass is 300 g/mol. The van der Waals surface area contributed by atoms with E-state index in [4.69, 9.17) is 0 Å². The van der Waals surface area contributed by atoms with E-state index in [2.05, 4.69) is 10.3 Å². The van der Waals surface area contributed by atoms with E-state index < -0.39 is 23.1 Å². The lowest BCUT2D eigenvalue weighted by molar-refractivity contribution is 0.0945. The molecule has 2 N–H and O–H groups in total. The Morgan fingerprint density at radius 2 is 1.77 bits per heavy atom. The van der Waals surface area contributed by atoms with Crippen LogP contribution in [-0.4, -0.2) is 17.4 Å². The Morgan fingerprint density at radius 3 is 2.55 bits per heavy atom. The smallest absolute Gasteiger partial charge is 0.257 e. The molecule has 1 amide bonds. The fraction of sp³-hybridized carbons (Fsp3) is 0.118. The minimum Gasteiger partial charge on any atom is -0.361 e. The third-order valence-corrected chi connectivity index (χ3v) is 3.54. The first-order valence-electron chi connectivity index (χ1n) is 6.94. The second-order valence-corrected chi connectivity index (χ2v) is 4.96. The van der Waals surface area contributed by atoms with Crippen molar-refractivity contribution >= 4 is 16.8 Å². The largest absolute Gasteiger partial charge is 0.361 e. The van der Waals surface area contributed by atoms with Crippen LogP contribution in [0.25, 0.3) is 10.9 Å². The summed E-state index contributed by atoms with van der Waals surface area (Å²) < 4.78 is 27.0. The summed E-state index contributed by atoms with van der Waals surface area (Å²) in [6.07, 6.45) is 2.45. The zero-order chi connectivity index (χ0) is 15.5. The quantitative estimate of drug-likeness (QED) is 0.762. The summed E-state index contributed by atoms with van der Waals surface area (Å²) in [7, 11) is 0. The van der Waals surface area contributed by atoms with Gasteiger partial charge in [0.1, 0.15) is 17.2 Å². The maximum Gasteiger partial charge on any atom is 0.257 e. The molecule has 0 unspecified atom stereocenters. The van der Waals surface area contributed by atoms with Crippen LogP contribution < -0.4 is 5.32 Å². The fourth-order valence-corrected chi connectivity index (χ4v) is 2.45. The van der Waals surface area contributed by atoms with E-state index in [0.29, 0.717) is 13.0 Å². The van der Waals surface area contributed by atoms with Crippen LogP contribution in [0.2, 0.25) is 0 Å². The van der Waals surface area contributed by atoms with Crippen molar-refractivity contribution in [2.24, 2.45) is 0 Å². The van der Waals surface area contributed by atoms with E-state index >= 15 is 0 Å². The highest BCUT2D eigenvalue weighted by Gasteiger charge is 2.16. The van der Waals surface area contributed by atoms with Gasteiger partial charge in [0.05, 0.1) is 0 Å². The van der Waals surface area contributed by atoms with Crippen LogP contribution in [0.4, 0.5) is 8.78 Å². The number of halogens is 2. The molecule has 3 aromatic rings. The highest BCUT2D eigenvalue weighted by molar-refractivity contribution is 5.94. The standard InChI is InChI=1S/C17H14F2N2O/c18-13-5-3-6-14(19)16(13)17(22)20-9-8-11-10-21-15-7-2-1-4-12(11)15/h1-7,10,21H,8-9H2,(H,20,22). The number of carbonyl (C=O) groups is 1. The number of benzene rings is 2. The molecular weight excluding hydrogens is 286 g/mol. The molecule has 0 aliphatic heterocycles. The molecular formula is C17H14F2N2O. The molecule has 0 saturated carbocycles. The van der Waals surface area contributed by atoms with Gasteiger partial charge in [-0.25, -0.2) is 8.78 Å². The Morgan fingerprint density at radius 1 is 1.05 bits per heavy atom. The Bertz CT molecular complexity index is 806. The molecule has 2 aromatic carbocycles. The maximum absolute atomic E-state index is 13.5. The van der Waals surface area contributed by atoms with E-state index in [0.717, 1.165) is 28.6 Å². The minimum atomic E-state index is -0.857. The normalized spacial score (nSPS) is 10.8. The average molecular weight is 300 g/mol. The number of aromatic amines is 1. The van der Waals surface area contributed by atoms with Gasteiger partial charge in [-0.1, -0.05) is 24.3 Å². The molecule has 5 heteroatoms. The predicted octanol–water partition coefficient (Wildman–Crippen LogP) is 3.42. The Hall–Kier alpha value is -2.69. The zero-order valence-corrected chi connectivity index (χ0v) is 11.7. The summed E-state index contributed by atoms with van der Waals surface area (Å²) >= 11 is 0. The van der Waals surface area contributed by atoms with E-state index in [1.165, 1.54) is 6.07 Å². The number of hydrogen-bond acceptors (Lipinski definition) is 1. The topological polar surface area (TPSA) is 44.9 Å². The van der Waals surface area contributed by atoms with Crippen molar-refractivity contribution in [2.45, 2.75) is 6.42 Å². The second kappa shape index (κ2) is 5.97. The summed E-state index contributed by atoms with van der Waals surface area (Å²) in [5.41, 5.74) is 1.52. The van der Waals surface area contributed by atoms with E-state index in [-0.39, 0.29) is 0 Å². The number of para-hydroxylation sites is 1. The highest BCUT2D eigenvalue weighted by atomic mass is 19.1. The number of amides is 1. The predicted molar refractivity (Wildman–Crippen MR) is 80.7 cm³/mol. The minimum absolute atomic E-state index is 0.300. The van der Waals surface area contributed by atoms with Crippen LogP contribution in [0, 0.1) is 11.6 Å². The first-order chi connectivity index (χ1) is 10.7. The molecule has 0 aliphatic carbocycles. The van der Waals surface area contributed by atoms with Gasteiger partial charge in [0, 0.05) is 23.6 Å². The van der Waals surface area contributed by atoms with Crippen LogP contribution in [-0.2, 0) is 6.42 Å². The van der Waals surface area contributed by atoms with Gasteiger partial charge in [0.15, 0.2) is 0 Å². The average Bonchev–Trinajstić information content (AvgIpc) is 2.91. The Kier molecular flexibility index (Phi) is 3.87. The lowest BCUT2D eigenvalue weighted by atomic mass is 10.1. The van der Waals surface area contributed by atoms with Crippen LogP contribution in [0.5, 0.6) is 0 Å². The van der Waals surface area contributed by atoms with Gasteiger partial charge < -0.3 is 10.3 Å². The van der Waals surface area contributed by atoms with Gasteiger partial charge in [-0.15, -0.1) is 0 Å². The SMILES string of the molecule is O=C(NCCc1c[nH]c2ccccc12)c1c(F)cccc1F. The lowest BCUT2D eigenvalue weighted by Gasteiger charge is -2.06. The van der Waals surface area contributed by atoms with Crippen molar-refractivity contribution in [3.05, 3.63) is 71.4 Å². The van der Waals surface area contributed by atoms with Crippen molar-refractivity contribution in [3.63, 3.8) is 0 Å². The molecule has 0 fully saturated rings. The van der Waals surface area contributed by atoms with E-state index in [9.17, 15) is 13.6 Å². The number of nitrogens with one attached hydrogen (secondary N) is 2. The van der Waals surface area contributed by atoms with Crippen molar-refractivity contribution < 1.29 is 13.6 Å². The molecule has 22 heavy (non-hydrogen) atoms. The van der Waals surface area contributed by atoms with Gasteiger partial charge in [-0.05, 0) is 30.2 Å². The first kappa shape index (κ1) is 14.3. The molecule has 0 spiro atoms. The molecule has 0 aliphatic rings. The summed E-state index contributed by atoms with van der Waals surface area (Å²) in [5, 5.41) is 3.63. The Labute approximate surface area is 126 Å². The van der Waals surface area contributed by atoms with Crippen LogP contribution >= 0.6 is 0 Å². The summed E-state index contributed by atoms with van der Waals surface area (Å²) in [4.78, 5) is 15.0. The van der Waals surface area contributed by atoms with Crippen molar-refractivity contribution in [3.8, 4) is 0 Å². The molecule has 0 atom stereocenters. The van der Waals surface area contributed by atoms with Gasteiger partial charge >= 0.3 is 0 Å². The molecule has 0 bridgehead atoms. The zero-order valence-electron chi connectivity index (χ0n) is 11.7. The third-order valence-electron chi connectivity index (χ3n) is 3.54. The van der Waals surface area contributed by atoms with Crippen LogP contribution in [0.3, 0.4) is 0 Å². The molecule has 112 valence electrons. The number of carbonyl (C=O) groups excluding carboxylic acids is 1. The van der Waals surface area contributed by atoms with E-state index in [1.54, 1.807) is 0 Å². The number of rotatable bonds is 4. The lowest BCUT2D eigenvalue weighted by Crippen LogP contribution is -2.27. The number of H-pyrrole nitrogens is 1. The highest BCUT2D eigenvalue weighted by Crippen LogP contribution is 2.18. The Balaban J connectivity index is 1.67. The first-order valence-corrected chi connectivity index (χ1v) is 6.94. The molecule has 1 heterocycles. The fourth-order valence-electron chi connectivity index (χ4n) is 2.45. The van der Waals surface area contributed by atoms with Gasteiger partial charge in [0.25, 0.3) is 5.91 Å². The number of fused-ring (bicyclic) bond motifs is 1. The summed E-state index contributed by atoms with van der Waals surface area (Å²) in [5.74, 6) is -2.45. The molecule has 3 rings (SSSR count). The molecule has 0 radical (unpaired) electrons. The van der Waals surface area contributed by atoms with Crippen LogP contribution in [0.1, 0.15) is 15.9 Å². The molecule has 0 saturated heterocycles. The second-order valence-electron chi connectivity index (χ2n) is 4.96. The summed E-state index contributed by atoms with van der Waals surface area (Å²) in [6.45, 7) is 0.300. The van der Waals surface area contributed by atoms with Crippen molar-refractivity contribution in [1.82, 2.24) is 10.3 Å². The van der Waals surface area contributed by atoms with Gasteiger partial charge in [-0.3, -0.25) is 4.79 Å². The van der Waals surface area contributed by atoms with E-state index in [1.807, 2.05) is 30.5 Å². The number of hydrogen-bond donors (Lipinski definition) is 2. The molecule has 3 nitrogen and oxygen atoms in total. The van der Waals surface area contributed by atoms with Crippen molar-refractivity contribution in [1.29, 1.82) is 0 Å². The van der Waals surface area contributed by atoms with Gasteiger partial charge in [0.2, 0.25) is 0 Å². The van der Waals surface area contributed by atoms with Crippen LogP contribution in [0.15, 0.2) is 48.7 Å². The van der Waals surface area contributed by atoms with Crippen molar-refractivity contribution in [2.75, 3.05) is 6.54 Å². The maximum atomic E-state index is 13.5. The molecule has 1 aromatic heterocycles. The van der Waals surface area contributed by atoms with Gasteiger partial charge in [-0.2, -0.15) is 0 Å².